The summed E-state index contributed by atoms with van der Waals surface area (Å²) >= 11 is 1.12. The molecule has 1 aliphatic heterocycles. The van der Waals surface area contributed by atoms with Gasteiger partial charge in [-0.05, 0) is 11.5 Å². The van der Waals surface area contributed by atoms with Crippen molar-refractivity contribution in [1.29, 1.82) is 0 Å². The number of aromatic nitrogens is 5. The molecule has 19 heavy (non-hydrogen) atoms. The fourth-order valence-corrected chi connectivity index (χ4v) is 2.19. The lowest BCUT2D eigenvalue weighted by Gasteiger charge is -2.38. The lowest BCUT2D eigenvalue weighted by molar-refractivity contribution is 0.0491. The summed E-state index contributed by atoms with van der Waals surface area (Å²) in [4.78, 5) is 24.1. The van der Waals surface area contributed by atoms with Crippen molar-refractivity contribution in [3.8, 4) is 0 Å². The Morgan fingerprint density at radius 3 is 2.68 bits per heavy atom. The Morgan fingerprint density at radius 1 is 1.32 bits per heavy atom. The van der Waals surface area contributed by atoms with E-state index in [2.05, 4.69) is 19.9 Å². The first-order chi connectivity index (χ1) is 9.15. The van der Waals surface area contributed by atoms with E-state index in [1.165, 1.54) is 10.9 Å². The Bertz CT molecular complexity index is 618. The minimum atomic E-state index is -1.12. The highest BCUT2D eigenvalue weighted by Crippen LogP contribution is 2.22. The number of rotatable bonds is 3. The van der Waals surface area contributed by atoms with E-state index >= 15 is 0 Å². The van der Waals surface area contributed by atoms with E-state index in [1.54, 1.807) is 10.3 Å². The molecule has 1 amide bonds. The van der Waals surface area contributed by atoms with Gasteiger partial charge in [0.25, 0.3) is 5.91 Å². The number of carbonyl (C=O) groups excluding carboxylic acids is 1. The first kappa shape index (κ1) is 11.7. The van der Waals surface area contributed by atoms with E-state index in [-0.39, 0.29) is 17.6 Å². The number of likely N-dealkylation sites (tertiary alicyclic amines) is 1. The van der Waals surface area contributed by atoms with Gasteiger partial charge in [-0.15, -0.1) is 10.2 Å². The smallest absolute Gasteiger partial charge is 0.358 e. The average Bonchev–Trinajstić information content (AvgIpc) is 2.98. The molecular weight excluding hydrogens is 272 g/mol. The number of hydrogen-bond donors (Lipinski definition) is 1. The van der Waals surface area contributed by atoms with Crippen LogP contribution in [0.25, 0.3) is 0 Å². The molecule has 2 aromatic heterocycles. The quantitative estimate of drug-likeness (QED) is 0.807. The Morgan fingerprint density at radius 2 is 2.11 bits per heavy atom. The minimum Gasteiger partial charge on any atom is -0.476 e. The first-order valence-electron chi connectivity index (χ1n) is 5.36. The molecule has 98 valence electrons. The summed E-state index contributed by atoms with van der Waals surface area (Å²) in [6.07, 6.45) is 1.36. The fourth-order valence-electron chi connectivity index (χ4n) is 1.76. The highest BCUT2D eigenvalue weighted by atomic mass is 32.1. The molecule has 0 bridgehead atoms. The van der Waals surface area contributed by atoms with Crippen molar-refractivity contribution in [1.82, 2.24) is 29.5 Å². The van der Waals surface area contributed by atoms with E-state index in [4.69, 9.17) is 5.11 Å². The summed E-state index contributed by atoms with van der Waals surface area (Å²) < 4.78 is 5.10. The van der Waals surface area contributed by atoms with Crippen LogP contribution in [-0.4, -0.2) is 59.6 Å². The van der Waals surface area contributed by atoms with Gasteiger partial charge in [0.05, 0.1) is 12.2 Å². The predicted octanol–water partition coefficient (Wildman–Crippen LogP) is -0.475. The number of carboxylic acid groups (broad SMARTS) is 1. The van der Waals surface area contributed by atoms with E-state index in [9.17, 15) is 9.59 Å². The van der Waals surface area contributed by atoms with Crippen molar-refractivity contribution in [3.05, 3.63) is 23.0 Å². The standard InChI is InChI=1S/C9H8N6O3S/c16-8(7-4-19-13-11-7)14-1-5(2-14)15-3-6(9(17)18)10-12-15/h3-5H,1-2H2,(H,17,18). The van der Waals surface area contributed by atoms with Crippen molar-refractivity contribution in [3.63, 3.8) is 0 Å². The third-order valence-electron chi connectivity index (χ3n) is 2.83. The van der Waals surface area contributed by atoms with Crippen LogP contribution in [0.2, 0.25) is 0 Å². The molecule has 0 radical (unpaired) electrons. The average molecular weight is 280 g/mol. The molecule has 3 heterocycles. The van der Waals surface area contributed by atoms with Crippen LogP contribution >= 0.6 is 11.5 Å². The normalized spacial score (nSPS) is 15.3. The zero-order valence-electron chi connectivity index (χ0n) is 9.50. The molecular formula is C9H8N6O3S. The number of nitrogens with zero attached hydrogens (tertiary/aromatic N) is 6. The maximum atomic E-state index is 11.9. The zero-order valence-corrected chi connectivity index (χ0v) is 10.3. The van der Waals surface area contributed by atoms with Crippen LogP contribution in [0, 0.1) is 0 Å². The van der Waals surface area contributed by atoms with Crippen LogP contribution in [-0.2, 0) is 0 Å². The van der Waals surface area contributed by atoms with E-state index in [0.29, 0.717) is 18.8 Å². The molecule has 1 aliphatic rings. The van der Waals surface area contributed by atoms with Crippen molar-refractivity contribution >= 4 is 23.4 Å². The van der Waals surface area contributed by atoms with Gasteiger partial charge in [0.1, 0.15) is 0 Å². The molecule has 0 spiro atoms. The van der Waals surface area contributed by atoms with Crippen molar-refractivity contribution in [2.24, 2.45) is 0 Å². The Kier molecular flexibility index (Phi) is 2.71. The van der Waals surface area contributed by atoms with Crippen LogP contribution in [0.3, 0.4) is 0 Å². The summed E-state index contributed by atoms with van der Waals surface area (Å²) in [6, 6.07) is -0.0452. The molecule has 0 atom stereocenters. The van der Waals surface area contributed by atoms with Gasteiger partial charge in [-0.25, -0.2) is 9.48 Å². The summed E-state index contributed by atoms with van der Waals surface area (Å²) in [5.41, 5.74) is 0.224. The van der Waals surface area contributed by atoms with Crippen LogP contribution in [0.1, 0.15) is 27.0 Å². The number of carbonyl (C=O) groups is 2. The van der Waals surface area contributed by atoms with E-state index in [1.807, 2.05) is 0 Å². The topological polar surface area (TPSA) is 114 Å². The highest BCUT2D eigenvalue weighted by Gasteiger charge is 2.34. The predicted molar refractivity (Wildman–Crippen MR) is 61.8 cm³/mol. The molecule has 0 unspecified atom stereocenters. The summed E-state index contributed by atoms with van der Waals surface area (Å²) in [5.74, 6) is -1.30. The highest BCUT2D eigenvalue weighted by molar-refractivity contribution is 7.03. The molecule has 2 aromatic rings. The van der Waals surface area contributed by atoms with Crippen LogP contribution in [0.5, 0.6) is 0 Å². The Hall–Kier alpha value is -2.36. The van der Waals surface area contributed by atoms with Gasteiger partial charge in [-0.3, -0.25) is 4.79 Å². The maximum absolute atomic E-state index is 11.9. The Balaban J connectivity index is 1.63. The fraction of sp³-hybridized carbons (Fsp3) is 0.333. The summed E-state index contributed by atoms with van der Waals surface area (Å²) in [6.45, 7) is 0.914. The molecule has 0 aliphatic carbocycles. The lowest BCUT2D eigenvalue weighted by Crippen LogP contribution is -2.51. The third kappa shape index (κ3) is 2.05. The first-order valence-corrected chi connectivity index (χ1v) is 6.20. The molecule has 1 fully saturated rings. The molecule has 0 aromatic carbocycles. The monoisotopic (exact) mass is 280 g/mol. The number of hydrogen-bond acceptors (Lipinski definition) is 7. The van der Waals surface area contributed by atoms with E-state index < -0.39 is 5.97 Å². The largest absolute Gasteiger partial charge is 0.476 e. The van der Waals surface area contributed by atoms with Gasteiger partial charge < -0.3 is 10.0 Å². The number of amides is 1. The molecule has 1 saturated heterocycles. The maximum Gasteiger partial charge on any atom is 0.358 e. The zero-order chi connectivity index (χ0) is 13.4. The lowest BCUT2D eigenvalue weighted by atomic mass is 10.1. The van der Waals surface area contributed by atoms with Gasteiger partial charge in [-0.1, -0.05) is 9.70 Å². The SMILES string of the molecule is O=C(O)c1cn(C2CN(C(=O)c3csnn3)C2)nn1. The van der Waals surface area contributed by atoms with Gasteiger partial charge in [0.15, 0.2) is 11.4 Å². The summed E-state index contributed by atoms with van der Waals surface area (Å²) in [7, 11) is 0. The van der Waals surface area contributed by atoms with Gasteiger partial charge in [-0.2, -0.15) is 0 Å². The van der Waals surface area contributed by atoms with Crippen LogP contribution in [0.4, 0.5) is 0 Å². The minimum absolute atomic E-state index is 0.0452. The third-order valence-corrected chi connectivity index (χ3v) is 3.34. The molecule has 10 heteroatoms. The van der Waals surface area contributed by atoms with Gasteiger partial charge in [0, 0.05) is 18.5 Å². The Labute approximate surface area is 110 Å². The van der Waals surface area contributed by atoms with Crippen LogP contribution < -0.4 is 0 Å². The molecule has 3 rings (SSSR count). The number of aromatic carboxylic acids is 1. The van der Waals surface area contributed by atoms with Crippen molar-refractivity contribution in [2.75, 3.05) is 13.1 Å². The van der Waals surface area contributed by atoms with E-state index in [0.717, 1.165) is 11.5 Å². The molecule has 1 N–H and O–H groups in total. The van der Waals surface area contributed by atoms with Gasteiger partial charge >= 0.3 is 5.97 Å². The second-order valence-corrected chi connectivity index (χ2v) is 4.65. The van der Waals surface area contributed by atoms with Crippen LogP contribution in [0.15, 0.2) is 11.6 Å². The summed E-state index contributed by atoms with van der Waals surface area (Å²) in [5, 5.41) is 21.3. The number of carboxylic acids is 1. The van der Waals surface area contributed by atoms with Gasteiger partial charge in [0.2, 0.25) is 0 Å². The molecule has 9 nitrogen and oxygen atoms in total. The molecule has 0 saturated carbocycles. The van der Waals surface area contributed by atoms with Crippen molar-refractivity contribution < 1.29 is 14.7 Å². The van der Waals surface area contributed by atoms with Crippen molar-refractivity contribution in [2.45, 2.75) is 6.04 Å². The second kappa shape index (κ2) is 4.39. The second-order valence-electron chi connectivity index (χ2n) is 4.04.